The predicted octanol–water partition coefficient (Wildman–Crippen LogP) is 1.67. The molecular weight excluding hydrogens is 326 g/mol. The summed E-state index contributed by atoms with van der Waals surface area (Å²) in [5.41, 5.74) is 0.633. The Morgan fingerprint density at radius 2 is 2.00 bits per heavy atom. The zero-order valence-corrected chi connectivity index (χ0v) is 14.5. The van der Waals surface area contributed by atoms with Crippen LogP contribution in [0.5, 0.6) is 0 Å². The van der Waals surface area contributed by atoms with Crippen LogP contribution in [-0.2, 0) is 14.8 Å². The molecule has 1 fully saturated rings. The lowest BCUT2D eigenvalue weighted by Gasteiger charge is -2.35. The Morgan fingerprint density at radius 1 is 1.41 bits per heavy atom. The number of aromatic nitrogens is 1. The van der Waals surface area contributed by atoms with Crippen LogP contribution in [0.15, 0.2) is 17.2 Å². The fourth-order valence-corrected chi connectivity index (χ4v) is 4.15. The van der Waals surface area contributed by atoms with E-state index in [1.807, 2.05) is 0 Å². The summed E-state index contributed by atoms with van der Waals surface area (Å²) in [5, 5.41) is 0.306. The zero-order valence-electron chi connectivity index (χ0n) is 12.9. The van der Waals surface area contributed by atoms with Crippen molar-refractivity contribution in [3.63, 3.8) is 0 Å². The molecule has 0 N–H and O–H groups in total. The van der Waals surface area contributed by atoms with Gasteiger partial charge in [-0.25, -0.2) is 13.4 Å². The number of hydrogen-bond donors (Lipinski definition) is 0. The van der Waals surface area contributed by atoms with Gasteiger partial charge in [-0.3, -0.25) is 4.79 Å². The molecule has 1 aromatic heterocycles. The number of piperidine rings is 1. The Balaban J connectivity index is 2.12. The quantitative estimate of drug-likeness (QED) is 0.781. The number of aryl methyl sites for hydroxylation is 1. The van der Waals surface area contributed by atoms with Gasteiger partial charge < -0.3 is 4.90 Å². The molecule has 1 aromatic rings. The largest absolute Gasteiger partial charge is 0.343 e. The smallest absolute Gasteiger partial charge is 0.244 e. The highest BCUT2D eigenvalue weighted by Gasteiger charge is 2.31. The number of amides is 1. The number of carbonyl (C=O) groups excluding carboxylic acids is 1. The summed E-state index contributed by atoms with van der Waals surface area (Å²) >= 11 is 5.84. The number of carbonyl (C=O) groups is 1. The molecule has 6 nitrogen and oxygen atoms in total. The van der Waals surface area contributed by atoms with Gasteiger partial charge in [0.2, 0.25) is 15.9 Å². The number of rotatable bonds is 3. The number of nitrogens with zero attached hydrogens (tertiary/aromatic N) is 3. The van der Waals surface area contributed by atoms with E-state index in [9.17, 15) is 13.2 Å². The zero-order chi connectivity index (χ0) is 16.5. The Kier molecular flexibility index (Phi) is 5.09. The van der Waals surface area contributed by atoms with Gasteiger partial charge in [0, 0.05) is 39.3 Å². The van der Waals surface area contributed by atoms with Crippen molar-refractivity contribution in [2.24, 2.45) is 0 Å². The maximum Gasteiger partial charge on any atom is 0.244 e. The van der Waals surface area contributed by atoms with Crippen molar-refractivity contribution in [3.05, 3.63) is 23.0 Å². The molecule has 0 bridgehead atoms. The van der Waals surface area contributed by atoms with Crippen LogP contribution in [0.1, 0.15) is 25.3 Å². The Hall–Kier alpha value is -1.18. The second-order valence-electron chi connectivity index (χ2n) is 5.54. The fourth-order valence-electron chi connectivity index (χ4n) is 2.55. The summed E-state index contributed by atoms with van der Waals surface area (Å²) in [7, 11) is -1.81. The van der Waals surface area contributed by atoms with Gasteiger partial charge in [-0.1, -0.05) is 11.6 Å². The van der Waals surface area contributed by atoms with Crippen molar-refractivity contribution in [1.82, 2.24) is 14.2 Å². The first-order chi connectivity index (χ1) is 10.2. The van der Waals surface area contributed by atoms with Crippen LogP contribution in [0.3, 0.4) is 0 Å². The molecule has 1 aliphatic rings. The van der Waals surface area contributed by atoms with Gasteiger partial charge in [0.05, 0.1) is 0 Å². The molecule has 22 heavy (non-hydrogen) atoms. The summed E-state index contributed by atoms with van der Waals surface area (Å²) < 4.78 is 26.7. The average Bonchev–Trinajstić information content (AvgIpc) is 2.49. The van der Waals surface area contributed by atoms with E-state index in [4.69, 9.17) is 11.6 Å². The van der Waals surface area contributed by atoms with Gasteiger partial charge in [0.15, 0.2) is 0 Å². The third-order valence-corrected chi connectivity index (χ3v) is 6.35. The number of hydrogen-bond acceptors (Lipinski definition) is 4. The molecule has 0 spiro atoms. The monoisotopic (exact) mass is 345 g/mol. The minimum atomic E-state index is -3.56. The van der Waals surface area contributed by atoms with Crippen LogP contribution in [-0.4, -0.2) is 54.7 Å². The second-order valence-corrected chi connectivity index (χ2v) is 7.84. The number of halogens is 1. The lowest BCUT2D eigenvalue weighted by Crippen LogP contribution is -2.46. The Bertz CT molecular complexity index is 670. The van der Waals surface area contributed by atoms with Gasteiger partial charge >= 0.3 is 0 Å². The average molecular weight is 346 g/mol. The minimum Gasteiger partial charge on any atom is -0.343 e. The van der Waals surface area contributed by atoms with Gasteiger partial charge in [-0.05, 0) is 31.4 Å². The van der Waals surface area contributed by atoms with E-state index in [0.29, 0.717) is 36.6 Å². The van der Waals surface area contributed by atoms with E-state index in [2.05, 4.69) is 4.98 Å². The molecule has 0 aromatic carbocycles. The predicted molar refractivity (Wildman–Crippen MR) is 84.2 cm³/mol. The van der Waals surface area contributed by atoms with Crippen LogP contribution >= 0.6 is 11.6 Å². The SMILES string of the molecule is CC(=O)N(C)C1CCN(S(=O)(=O)c2cnc(Cl)c(C)c2)CC1. The lowest BCUT2D eigenvalue weighted by molar-refractivity contribution is -0.130. The van der Waals surface area contributed by atoms with Gasteiger partial charge in [0.25, 0.3) is 0 Å². The molecule has 1 aliphatic heterocycles. The molecule has 2 heterocycles. The standard InChI is InChI=1S/C14H20ClN3O3S/c1-10-8-13(9-16-14(10)15)22(20,21)18-6-4-12(5-7-18)17(3)11(2)19/h8-9,12H,4-7H2,1-3H3. The third kappa shape index (κ3) is 3.42. The van der Waals surface area contributed by atoms with Crippen LogP contribution in [0, 0.1) is 6.92 Å². The van der Waals surface area contributed by atoms with E-state index < -0.39 is 10.0 Å². The summed E-state index contributed by atoms with van der Waals surface area (Å²) in [6.07, 6.45) is 2.56. The van der Waals surface area contributed by atoms with Gasteiger partial charge in [0.1, 0.15) is 10.0 Å². The van der Waals surface area contributed by atoms with Crippen molar-refractivity contribution in [3.8, 4) is 0 Å². The molecule has 1 saturated heterocycles. The van der Waals surface area contributed by atoms with E-state index in [1.165, 1.54) is 17.4 Å². The van der Waals surface area contributed by atoms with E-state index in [1.54, 1.807) is 24.9 Å². The minimum absolute atomic E-state index is 0.00108. The molecular formula is C14H20ClN3O3S. The van der Waals surface area contributed by atoms with Crippen molar-refractivity contribution in [1.29, 1.82) is 0 Å². The summed E-state index contributed by atoms with van der Waals surface area (Å²) in [6, 6.07) is 1.63. The van der Waals surface area contributed by atoms with Crippen LogP contribution in [0.4, 0.5) is 0 Å². The Labute approximate surface area is 136 Å². The van der Waals surface area contributed by atoms with Crippen LogP contribution < -0.4 is 0 Å². The normalized spacial score (nSPS) is 17.5. The summed E-state index contributed by atoms with van der Waals surface area (Å²) in [4.78, 5) is 17.1. The summed E-state index contributed by atoms with van der Waals surface area (Å²) in [5.74, 6) is -0.00108. The molecule has 8 heteroatoms. The van der Waals surface area contributed by atoms with Crippen molar-refractivity contribution in [2.75, 3.05) is 20.1 Å². The maximum atomic E-state index is 12.6. The molecule has 0 aliphatic carbocycles. The molecule has 0 atom stereocenters. The summed E-state index contributed by atoms with van der Waals surface area (Å²) in [6.45, 7) is 4.03. The molecule has 0 radical (unpaired) electrons. The first-order valence-electron chi connectivity index (χ1n) is 7.09. The van der Waals surface area contributed by atoms with Crippen LogP contribution in [0.2, 0.25) is 5.15 Å². The lowest BCUT2D eigenvalue weighted by atomic mass is 10.1. The number of sulfonamides is 1. The van der Waals surface area contributed by atoms with Crippen molar-refractivity contribution in [2.45, 2.75) is 37.6 Å². The maximum absolute atomic E-state index is 12.6. The molecule has 122 valence electrons. The first kappa shape index (κ1) is 17.2. The molecule has 1 amide bonds. The van der Waals surface area contributed by atoms with E-state index in [0.717, 1.165) is 0 Å². The highest BCUT2D eigenvalue weighted by molar-refractivity contribution is 7.89. The van der Waals surface area contributed by atoms with Gasteiger partial charge in [-0.15, -0.1) is 0 Å². The van der Waals surface area contributed by atoms with Crippen LogP contribution in [0.25, 0.3) is 0 Å². The second kappa shape index (κ2) is 6.52. The van der Waals surface area contributed by atoms with Gasteiger partial charge in [-0.2, -0.15) is 4.31 Å². The number of pyridine rings is 1. The van der Waals surface area contributed by atoms with Crippen molar-refractivity contribution < 1.29 is 13.2 Å². The highest BCUT2D eigenvalue weighted by Crippen LogP contribution is 2.24. The molecule has 0 unspecified atom stereocenters. The fraction of sp³-hybridized carbons (Fsp3) is 0.571. The first-order valence-corrected chi connectivity index (χ1v) is 8.91. The molecule has 0 saturated carbocycles. The van der Waals surface area contributed by atoms with E-state index in [-0.39, 0.29) is 16.8 Å². The van der Waals surface area contributed by atoms with E-state index >= 15 is 0 Å². The molecule has 2 rings (SSSR count). The van der Waals surface area contributed by atoms with Crippen molar-refractivity contribution >= 4 is 27.5 Å². The topological polar surface area (TPSA) is 70.6 Å². The highest BCUT2D eigenvalue weighted by atomic mass is 35.5. The Morgan fingerprint density at radius 3 is 2.50 bits per heavy atom. The third-order valence-electron chi connectivity index (χ3n) is 4.09.